The van der Waals surface area contributed by atoms with Crippen LogP contribution in [0, 0.1) is 0 Å². The SMILES string of the molecule is CCc1cc2c(-c3ccccc3)cc(=O)oc2cc1OCc1ccc(Cl)c(Cl)c1. The number of rotatable bonds is 5. The Bertz CT molecular complexity index is 1230. The zero-order valence-electron chi connectivity index (χ0n) is 15.7. The largest absolute Gasteiger partial charge is 0.488 e. The molecule has 1 heterocycles. The van der Waals surface area contributed by atoms with Crippen molar-refractivity contribution < 1.29 is 9.15 Å². The lowest BCUT2D eigenvalue weighted by atomic mass is 9.99. The van der Waals surface area contributed by atoms with Crippen LogP contribution in [0.4, 0.5) is 0 Å². The Morgan fingerprint density at radius 3 is 2.45 bits per heavy atom. The molecule has 0 aliphatic rings. The third-order valence-corrected chi connectivity index (χ3v) is 5.51. The standard InChI is InChI=1S/C24H18Cl2O3/c1-2-16-11-19-18(17-6-4-3-5-7-17)12-24(27)29-23(19)13-22(16)28-14-15-8-9-20(25)21(26)10-15/h3-13H,2,14H2,1H3. The summed E-state index contributed by atoms with van der Waals surface area (Å²) in [6.07, 6.45) is 0.778. The first-order valence-corrected chi connectivity index (χ1v) is 10.0. The Hall–Kier alpha value is -2.75. The summed E-state index contributed by atoms with van der Waals surface area (Å²) in [6, 6.07) is 20.6. The Morgan fingerprint density at radius 1 is 0.931 bits per heavy atom. The molecule has 29 heavy (non-hydrogen) atoms. The van der Waals surface area contributed by atoms with E-state index >= 15 is 0 Å². The van der Waals surface area contributed by atoms with E-state index in [0.29, 0.717) is 28.0 Å². The van der Waals surface area contributed by atoms with E-state index in [-0.39, 0.29) is 0 Å². The van der Waals surface area contributed by atoms with Gasteiger partial charge in [-0.05, 0) is 46.9 Å². The highest BCUT2D eigenvalue weighted by Crippen LogP contribution is 2.33. The summed E-state index contributed by atoms with van der Waals surface area (Å²) in [6.45, 7) is 2.40. The van der Waals surface area contributed by atoms with E-state index in [2.05, 4.69) is 6.92 Å². The molecule has 146 valence electrons. The fourth-order valence-electron chi connectivity index (χ4n) is 3.29. The fraction of sp³-hybridized carbons (Fsp3) is 0.125. The van der Waals surface area contributed by atoms with E-state index < -0.39 is 5.63 Å². The highest BCUT2D eigenvalue weighted by molar-refractivity contribution is 6.42. The zero-order valence-corrected chi connectivity index (χ0v) is 17.3. The molecule has 0 aliphatic heterocycles. The monoisotopic (exact) mass is 424 g/mol. The molecule has 4 aromatic rings. The number of ether oxygens (including phenoxy) is 1. The Balaban J connectivity index is 1.75. The van der Waals surface area contributed by atoms with Gasteiger partial charge in [0.15, 0.2) is 0 Å². The molecule has 0 aliphatic carbocycles. The molecule has 1 aromatic heterocycles. The molecular formula is C24H18Cl2O3. The van der Waals surface area contributed by atoms with Crippen molar-refractivity contribution in [2.24, 2.45) is 0 Å². The summed E-state index contributed by atoms with van der Waals surface area (Å²) >= 11 is 12.1. The maximum absolute atomic E-state index is 12.2. The summed E-state index contributed by atoms with van der Waals surface area (Å²) in [5.41, 5.74) is 3.86. The van der Waals surface area contributed by atoms with Crippen LogP contribution in [0.15, 0.2) is 75.9 Å². The second kappa shape index (κ2) is 8.32. The van der Waals surface area contributed by atoms with Crippen LogP contribution in [-0.4, -0.2) is 0 Å². The van der Waals surface area contributed by atoms with Gasteiger partial charge in [-0.3, -0.25) is 0 Å². The molecule has 0 atom stereocenters. The molecule has 0 N–H and O–H groups in total. The lowest BCUT2D eigenvalue weighted by Gasteiger charge is -2.14. The van der Waals surface area contributed by atoms with Crippen LogP contribution in [0.3, 0.4) is 0 Å². The van der Waals surface area contributed by atoms with Gasteiger partial charge in [-0.15, -0.1) is 0 Å². The van der Waals surface area contributed by atoms with E-state index in [1.807, 2.05) is 42.5 Å². The van der Waals surface area contributed by atoms with Crippen molar-refractivity contribution in [1.82, 2.24) is 0 Å². The lowest BCUT2D eigenvalue weighted by molar-refractivity contribution is 0.303. The van der Waals surface area contributed by atoms with E-state index in [9.17, 15) is 4.79 Å². The zero-order chi connectivity index (χ0) is 20.4. The Labute approximate surface area is 178 Å². The van der Waals surface area contributed by atoms with E-state index in [1.54, 1.807) is 18.2 Å². The van der Waals surface area contributed by atoms with Crippen molar-refractivity contribution in [3.8, 4) is 16.9 Å². The van der Waals surface area contributed by atoms with Gasteiger partial charge < -0.3 is 9.15 Å². The number of halogens is 2. The highest BCUT2D eigenvalue weighted by atomic mass is 35.5. The van der Waals surface area contributed by atoms with Gasteiger partial charge in [-0.1, -0.05) is 66.5 Å². The van der Waals surface area contributed by atoms with Gasteiger partial charge in [0.05, 0.1) is 10.0 Å². The molecule has 3 aromatic carbocycles. The molecule has 0 amide bonds. The van der Waals surface area contributed by atoms with Gasteiger partial charge in [-0.25, -0.2) is 4.79 Å². The molecule has 0 radical (unpaired) electrons. The van der Waals surface area contributed by atoms with Crippen LogP contribution in [0.2, 0.25) is 10.0 Å². The van der Waals surface area contributed by atoms with Crippen molar-refractivity contribution in [2.75, 3.05) is 0 Å². The summed E-state index contributed by atoms with van der Waals surface area (Å²) in [7, 11) is 0. The molecule has 5 heteroatoms. The minimum atomic E-state index is -0.393. The van der Waals surface area contributed by atoms with Gasteiger partial charge in [0.25, 0.3) is 0 Å². The van der Waals surface area contributed by atoms with Gasteiger partial charge in [0.2, 0.25) is 0 Å². The van der Waals surface area contributed by atoms with Crippen LogP contribution in [0.1, 0.15) is 18.1 Å². The number of hydrogen-bond donors (Lipinski definition) is 0. The maximum Gasteiger partial charge on any atom is 0.336 e. The molecule has 3 nitrogen and oxygen atoms in total. The van der Waals surface area contributed by atoms with Gasteiger partial charge in [0, 0.05) is 17.5 Å². The topological polar surface area (TPSA) is 39.4 Å². The average Bonchev–Trinajstić information content (AvgIpc) is 2.74. The van der Waals surface area contributed by atoms with Crippen molar-refractivity contribution in [3.05, 3.63) is 98.3 Å². The Morgan fingerprint density at radius 2 is 1.72 bits per heavy atom. The predicted molar refractivity (Wildman–Crippen MR) is 118 cm³/mol. The molecule has 0 saturated carbocycles. The first-order valence-electron chi connectivity index (χ1n) is 9.28. The quantitative estimate of drug-likeness (QED) is 0.326. The number of aryl methyl sites for hydroxylation is 1. The fourth-order valence-corrected chi connectivity index (χ4v) is 3.61. The first-order chi connectivity index (χ1) is 14.0. The summed E-state index contributed by atoms with van der Waals surface area (Å²) in [5, 5.41) is 1.88. The second-order valence-corrected chi connectivity index (χ2v) is 7.51. The van der Waals surface area contributed by atoms with Crippen LogP contribution in [-0.2, 0) is 13.0 Å². The molecule has 0 bridgehead atoms. The molecule has 4 rings (SSSR count). The van der Waals surface area contributed by atoms with Crippen LogP contribution >= 0.6 is 23.2 Å². The van der Waals surface area contributed by atoms with Crippen LogP contribution in [0.25, 0.3) is 22.1 Å². The molecule has 0 unspecified atom stereocenters. The number of benzene rings is 3. The second-order valence-electron chi connectivity index (χ2n) is 6.69. The van der Waals surface area contributed by atoms with Crippen LogP contribution < -0.4 is 10.4 Å². The van der Waals surface area contributed by atoms with Gasteiger partial charge in [-0.2, -0.15) is 0 Å². The first kappa shape index (κ1) is 19.6. The summed E-state index contributed by atoms with van der Waals surface area (Å²) in [5.74, 6) is 0.680. The minimum absolute atomic E-state index is 0.331. The van der Waals surface area contributed by atoms with Crippen molar-refractivity contribution in [3.63, 3.8) is 0 Å². The van der Waals surface area contributed by atoms with Crippen molar-refractivity contribution >= 4 is 34.2 Å². The number of hydrogen-bond acceptors (Lipinski definition) is 3. The normalized spacial score (nSPS) is 11.0. The predicted octanol–water partition coefficient (Wildman–Crippen LogP) is 6.91. The molecule has 0 fully saturated rings. The smallest absolute Gasteiger partial charge is 0.336 e. The molecule has 0 saturated heterocycles. The maximum atomic E-state index is 12.2. The minimum Gasteiger partial charge on any atom is -0.488 e. The lowest BCUT2D eigenvalue weighted by Crippen LogP contribution is -2.02. The molecular weight excluding hydrogens is 407 g/mol. The van der Waals surface area contributed by atoms with Crippen molar-refractivity contribution in [1.29, 1.82) is 0 Å². The van der Waals surface area contributed by atoms with E-state index in [1.165, 1.54) is 6.07 Å². The van der Waals surface area contributed by atoms with E-state index in [0.717, 1.165) is 34.1 Å². The van der Waals surface area contributed by atoms with E-state index in [4.69, 9.17) is 32.4 Å². The van der Waals surface area contributed by atoms with Gasteiger partial charge >= 0.3 is 5.63 Å². The summed E-state index contributed by atoms with van der Waals surface area (Å²) < 4.78 is 11.5. The third-order valence-electron chi connectivity index (χ3n) is 4.77. The van der Waals surface area contributed by atoms with Gasteiger partial charge in [0.1, 0.15) is 17.9 Å². The Kier molecular flexibility index (Phi) is 5.61. The summed E-state index contributed by atoms with van der Waals surface area (Å²) in [4.78, 5) is 12.2. The average molecular weight is 425 g/mol. The van der Waals surface area contributed by atoms with Crippen LogP contribution in [0.5, 0.6) is 5.75 Å². The third kappa shape index (κ3) is 4.16. The molecule has 0 spiro atoms. The number of fused-ring (bicyclic) bond motifs is 1. The van der Waals surface area contributed by atoms with Crippen molar-refractivity contribution in [2.45, 2.75) is 20.0 Å². The highest BCUT2D eigenvalue weighted by Gasteiger charge is 2.13.